The van der Waals surface area contributed by atoms with Crippen molar-refractivity contribution in [1.29, 1.82) is 0 Å². The Morgan fingerprint density at radius 1 is 1.57 bits per heavy atom. The fourth-order valence-electron chi connectivity index (χ4n) is 1.15. The maximum atomic E-state index is 11.2. The summed E-state index contributed by atoms with van der Waals surface area (Å²) >= 11 is 6.68. The molecule has 0 aliphatic carbocycles. The van der Waals surface area contributed by atoms with E-state index in [0.717, 1.165) is 16.5 Å². The summed E-state index contributed by atoms with van der Waals surface area (Å²) in [6.45, 7) is 1.54. The normalized spacial score (nSPS) is 12.5. The molecule has 0 radical (unpaired) electrons. The Balaban J connectivity index is 3.11. The minimum absolute atomic E-state index is 0.0587. The monoisotopic (exact) mass is 319 g/mol. The highest BCUT2D eigenvalue weighted by atomic mass is 79.9. The lowest BCUT2D eigenvalue weighted by Gasteiger charge is -2.10. The molecule has 0 aromatic heterocycles. The molecule has 1 rings (SSSR count). The van der Waals surface area contributed by atoms with Crippen molar-refractivity contribution in [2.24, 2.45) is 0 Å². The Morgan fingerprint density at radius 2 is 2.21 bits per heavy atom. The Morgan fingerprint density at radius 3 is 2.71 bits per heavy atom. The van der Waals surface area contributed by atoms with Crippen LogP contribution in [0.2, 0.25) is 0 Å². The molecule has 0 aliphatic rings. The van der Waals surface area contributed by atoms with Crippen LogP contribution in [0.5, 0.6) is 0 Å². The van der Waals surface area contributed by atoms with Crippen molar-refractivity contribution in [3.63, 3.8) is 0 Å². The first-order valence-electron chi connectivity index (χ1n) is 4.15. The van der Waals surface area contributed by atoms with E-state index in [1.807, 2.05) is 18.2 Å². The van der Waals surface area contributed by atoms with E-state index in [9.17, 15) is 4.79 Å². The quantitative estimate of drug-likeness (QED) is 0.686. The van der Waals surface area contributed by atoms with Crippen LogP contribution in [-0.2, 0) is 10.1 Å². The third kappa shape index (κ3) is 2.58. The number of Topliss-reactive ketones (excluding diaryl/α,β-unsaturated/α-hetero) is 1. The summed E-state index contributed by atoms with van der Waals surface area (Å²) in [7, 11) is 0. The van der Waals surface area contributed by atoms with Crippen molar-refractivity contribution in [3.8, 4) is 0 Å². The van der Waals surface area contributed by atoms with Crippen molar-refractivity contribution in [1.82, 2.24) is 0 Å². The maximum absolute atomic E-state index is 11.2. The number of alkyl halides is 2. The Kier molecular flexibility index (Phi) is 4.13. The molecule has 2 N–H and O–H groups in total. The fraction of sp³-hybridized carbons (Fsp3) is 0.300. The van der Waals surface area contributed by atoms with Gasteiger partial charge in [-0.25, -0.2) is 0 Å². The molecule has 0 saturated heterocycles. The smallest absolute Gasteiger partial charge is 0.147 e. The van der Waals surface area contributed by atoms with E-state index >= 15 is 0 Å². The fourth-order valence-corrected chi connectivity index (χ4v) is 1.89. The largest absolute Gasteiger partial charge is 0.398 e. The third-order valence-corrected chi connectivity index (χ3v) is 3.72. The second kappa shape index (κ2) is 4.94. The van der Waals surface area contributed by atoms with Crippen LogP contribution in [0.4, 0.5) is 5.69 Å². The van der Waals surface area contributed by atoms with Gasteiger partial charge in [-0.15, -0.1) is 0 Å². The van der Waals surface area contributed by atoms with Crippen LogP contribution < -0.4 is 5.73 Å². The highest BCUT2D eigenvalue weighted by Gasteiger charge is 2.15. The number of hydrogen-bond donors (Lipinski definition) is 1. The first-order chi connectivity index (χ1) is 6.56. The molecular weight excluding hydrogens is 310 g/mol. The summed E-state index contributed by atoms with van der Waals surface area (Å²) in [6.07, 6.45) is 0. The van der Waals surface area contributed by atoms with Gasteiger partial charge in [-0.1, -0.05) is 44.0 Å². The molecule has 14 heavy (non-hydrogen) atoms. The number of nitrogen functional groups attached to an aromatic ring is 1. The number of hydrogen-bond acceptors (Lipinski definition) is 2. The van der Waals surface area contributed by atoms with Gasteiger partial charge in [0.1, 0.15) is 5.78 Å². The summed E-state index contributed by atoms with van der Waals surface area (Å²) in [6, 6.07) is 5.70. The lowest BCUT2D eigenvalue weighted by Crippen LogP contribution is -2.05. The average molecular weight is 321 g/mol. The molecule has 0 aliphatic heterocycles. The van der Waals surface area contributed by atoms with Crippen molar-refractivity contribution in [3.05, 3.63) is 29.3 Å². The standard InChI is InChI=1S/C10H11Br2NO/c1-6(14)10(12)8-4-7(5-11)2-3-9(8)13/h2-4,10H,5,13H2,1H3. The summed E-state index contributed by atoms with van der Waals surface area (Å²) in [5.41, 5.74) is 8.38. The highest BCUT2D eigenvalue weighted by molar-refractivity contribution is 9.09. The molecule has 1 aromatic carbocycles. The van der Waals surface area contributed by atoms with E-state index in [1.54, 1.807) is 6.92 Å². The van der Waals surface area contributed by atoms with Gasteiger partial charge in [0.05, 0.1) is 4.83 Å². The maximum Gasteiger partial charge on any atom is 0.147 e. The van der Waals surface area contributed by atoms with E-state index < -0.39 is 0 Å². The van der Waals surface area contributed by atoms with Crippen molar-refractivity contribution in [2.45, 2.75) is 17.1 Å². The predicted molar refractivity (Wildman–Crippen MR) is 65.8 cm³/mol. The number of halogens is 2. The summed E-state index contributed by atoms with van der Waals surface area (Å²) in [5.74, 6) is 0.0587. The topological polar surface area (TPSA) is 43.1 Å². The van der Waals surface area contributed by atoms with Gasteiger partial charge in [0, 0.05) is 11.0 Å². The number of ketones is 1. The van der Waals surface area contributed by atoms with Gasteiger partial charge < -0.3 is 5.73 Å². The Bertz CT molecular complexity index is 352. The molecule has 76 valence electrons. The van der Waals surface area contributed by atoms with E-state index in [-0.39, 0.29) is 10.6 Å². The molecule has 4 heteroatoms. The molecule has 1 unspecified atom stereocenters. The third-order valence-electron chi connectivity index (χ3n) is 1.94. The van der Waals surface area contributed by atoms with E-state index in [0.29, 0.717) is 5.69 Å². The van der Waals surface area contributed by atoms with Gasteiger partial charge in [0.2, 0.25) is 0 Å². The lowest BCUT2D eigenvalue weighted by molar-refractivity contribution is -0.116. The zero-order valence-corrected chi connectivity index (χ0v) is 10.9. The summed E-state index contributed by atoms with van der Waals surface area (Å²) < 4.78 is 0. The van der Waals surface area contributed by atoms with Crippen molar-refractivity contribution in [2.75, 3.05) is 5.73 Å². The zero-order valence-electron chi connectivity index (χ0n) is 7.76. The van der Waals surface area contributed by atoms with Crippen LogP contribution in [0.3, 0.4) is 0 Å². The molecule has 0 fully saturated rings. The van der Waals surface area contributed by atoms with Crippen LogP contribution in [-0.4, -0.2) is 5.78 Å². The number of carbonyl (C=O) groups excluding carboxylic acids is 1. The average Bonchev–Trinajstić information content (AvgIpc) is 2.17. The molecular formula is C10H11Br2NO. The molecule has 0 amide bonds. The molecule has 1 atom stereocenters. The van der Waals surface area contributed by atoms with Gasteiger partial charge >= 0.3 is 0 Å². The Hall–Kier alpha value is -0.350. The summed E-state index contributed by atoms with van der Waals surface area (Å²) in [4.78, 5) is 10.9. The number of nitrogens with two attached hydrogens (primary N) is 1. The van der Waals surface area contributed by atoms with Gasteiger partial charge in [0.25, 0.3) is 0 Å². The van der Waals surface area contributed by atoms with Crippen molar-refractivity contribution >= 4 is 43.3 Å². The molecule has 2 nitrogen and oxygen atoms in total. The SMILES string of the molecule is CC(=O)C(Br)c1cc(CBr)ccc1N. The van der Waals surface area contributed by atoms with Crippen LogP contribution in [0.1, 0.15) is 22.9 Å². The van der Waals surface area contributed by atoms with Gasteiger partial charge in [0.15, 0.2) is 0 Å². The van der Waals surface area contributed by atoms with E-state index in [1.165, 1.54) is 0 Å². The lowest BCUT2D eigenvalue weighted by atomic mass is 10.0. The summed E-state index contributed by atoms with van der Waals surface area (Å²) in [5, 5.41) is 0.762. The number of carbonyl (C=O) groups is 1. The molecule has 0 spiro atoms. The molecule has 0 bridgehead atoms. The predicted octanol–water partition coefficient (Wildman–Crippen LogP) is 3.19. The second-order valence-corrected chi connectivity index (χ2v) is 4.55. The second-order valence-electron chi connectivity index (χ2n) is 3.07. The van der Waals surface area contributed by atoms with Gasteiger partial charge in [-0.05, 0) is 24.1 Å². The number of anilines is 1. The van der Waals surface area contributed by atoms with Crippen LogP contribution in [0.15, 0.2) is 18.2 Å². The highest BCUT2D eigenvalue weighted by Crippen LogP contribution is 2.29. The van der Waals surface area contributed by atoms with Crippen LogP contribution >= 0.6 is 31.9 Å². The first-order valence-corrected chi connectivity index (χ1v) is 6.18. The Labute approximate surface area is 100 Å². The van der Waals surface area contributed by atoms with Crippen LogP contribution in [0.25, 0.3) is 0 Å². The van der Waals surface area contributed by atoms with Crippen molar-refractivity contribution < 1.29 is 4.79 Å². The molecule has 1 aromatic rings. The van der Waals surface area contributed by atoms with E-state index in [4.69, 9.17) is 5.73 Å². The van der Waals surface area contributed by atoms with E-state index in [2.05, 4.69) is 31.9 Å². The van der Waals surface area contributed by atoms with Gasteiger partial charge in [-0.2, -0.15) is 0 Å². The first kappa shape index (κ1) is 11.7. The number of benzene rings is 1. The minimum Gasteiger partial charge on any atom is -0.398 e. The van der Waals surface area contributed by atoms with Gasteiger partial charge in [-0.3, -0.25) is 4.79 Å². The molecule has 0 saturated carbocycles. The zero-order chi connectivity index (χ0) is 10.7. The molecule has 0 heterocycles. The van der Waals surface area contributed by atoms with Crippen LogP contribution in [0, 0.1) is 0 Å². The minimum atomic E-state index is -0.304. The number of rotatable bonds is 3.